The quantitative estimate of drug-likeness (QED) is 0.143. The monoisotopic (exact) mass is 751 g/mol. The maximum absolute atomic E-state index is 14.6. The summed E-state index contributed by atoms with van der Waals surface area (Å²) < 4.78 is 6.10. The fourth-order valence-corrected chi connectivity index (χ4v) is 9.61. The Labute approximate surface area is 322 Å². The highest BCUT2D eigenvalue weighted by Gasteiger charge is 2.52. The topological polar surface area (TPSA) is 134 Å². The van der Waals surface area contributed by atoms with Gasteiger partial charge in [0.05, 0.1) is 24.5 Å². The highest BCUT2D eigenvalue weighted by molar-refractivity contribution is 8.00. The molecule has 4 N–H and O–H groups in total. The van der Waals surface area contributed by atoms with Crippen LogP contribution in [0.1, 0.15) is 79.2 Å². The van der Waals surface area contributed by atoms with Crippen LogP contribution in [0.5, 0.6) is 0 Å². The molecule has 0 saturated carbocycles. The minimum Gasteiger partial charge on any atom is -0.379 e. The Hall–Kier alpha value is -3.41. The van der Waals surface area contributed by atoms with Gasteiger partial charge in [-0.2, -0.15) is 0 Å². The number of hydrogen-bond donors (Lipinski definition) is 3. The Balaban J connectivity index is 1.86. The number of nitrogens with zero attached hydrogens (tertiary/aromatic N) is 2. The van der Waals surface area contributed by atoms with Crippen LogP contribution in [0, 0.1) is 23.7 Å². The van der Waals surface area contributed by atoms with Gasteiger partial charge in [-0.3, -0.25) is 19.2 Å². The van der Waals surface area contributed by atoms with Gasteiger partial charge >= 0.3 is 0 Å². The lowest BCUT2D eigenvalue weighted by molar-refractivity contribution is -0.153. The van der Waals surface area contributed by atoms with E-state index in [2.05, 4.69) is 36.6 Å². The maximum Gasteiger partial charge on any atom is 0.238 e. The van der Waals surface area contributed by atoms with Gasteiger partial charge in [0, 0.05) is 49.9 Å². The Morgan fingerprint density at radius 1 is 1.00 bits per heavy atom. The molecule has 1 saturated heterocycles. The summed E-state index contributed by atoms with van der Waals surface area (Å²) in [7, 11) is 5.03. The summed E-state index contributed by atoms with van der Waals surface area (Å²) in [6.07, 6.45) is 2.89. The molecule has 7 unspecified atom stereocenters. The Morgan fingerprint density at radius 3 is 2.15 bits per heavy atom. The molecule has 294 valence electrons. The first-order valence-electron chi connectivity index (χ1n) is 19.3. The van der Waals surface area contributed by atoms with Crippen LogP contribution in [-0.2, 0) is 30.3 Å². The van der Waals surface area contributed by atoms with E-state index in [0.29, 0.717) is 13.1 Å². The predicted octanol–water partition coefficient (Wildman–Crippen LogP) is 5.54. The van der Waals surface area contributed by atoms with E-state index in [-0.39, 0.29) is 59.6 Å². The van der Waals surface area contributed by atoms with Crippen molar-refractivity contribution in [2.45, 2.75) is 114 Å². The third kappa shape index (κ3) is 11.1. The van der Waals surface area contributed by atoms with Crippen LogP contribution in [0.3, 0.4) is 0 Å². The van der Waals surface area contributed by atoms with Gasteiger partial charge in [0.25, 0.3) is 0 Å². The maximum atomic E-state index is 14.6. The van der Waals surface area contributed by atoms with Crippen molar-refractivity contribution in [1.82, 2.24) is 20.4 Å². The fraction of sp³-hybridized carbons (Fsp3) is 0.619. The molecule has 11 heteroatoms. The molecule has 1 aliphatic heterocycles. The number of ether oxygens (including phenoxy) is 1. The summed E-state index contributed by atoms with van der Waals surface area (Å²) in [5, 5.41) is 6.11. The third-order valence-corrected chi connectivity index (χ3v) is 12.6. The Kier molecular flexibility index (Phi) is 17.3. The van der Waals surface area contributed by atoms with Crippen LogP contribution >= 0.6 is 11.8 Å². The molecule has 0 spiro atoms. The number of likely N-dealkylation sites (tertiary alicyclic amines) is 1. The van der Waals surface area contributed by atoms with Crippen LogP contribution in [0.2, 0.25) is 0 Å². The van der Waals surface area contributed by atoms with E-state index in [1.165, 1.54) is 5.56 Å². The first kappa shape index (κ1) is 44.0. The van der Waals surface area contributed by atoms with Crippen molar-refractivity contribution < 1.29 is 23.9 Å². The molecule has 7 atom stereocenters. The molecular weight excluding hydrogens is 687 g/mol. The van der Waals surface area contributed by atoms with E-state index >= 15 is 0 Å². The zero-order chi connectivity index (χ0) is 39.3. The number of amides is 4. The molecular formula is C42H65N5O5S. The van der Waals surface area contributed by atoms with Crippen molar-refractivity contribution in [3.05, 3.63) is 66.2 Å². The average molecular weight is 752 g/mol. The summed E-state index contributed by atoms with van der Waals surface area (Å²) in [6.45, 7) is 12.9. The van der Waals surface area contributed by atoms with E-state index in [0.717, 1.165) is 30.6 Å². The minimum atomic E-state index is -1.26. The van der Waals surface area contributed by atoms with Crippen LogP contribution in [0.15, 0.2) is 65.6 Å². The van der Waals surface area contributed by atoms with Crippen molar-refractivity contribution >= 4 is 35.4 Å². The largest absolute Gasteiger partial charge is 0.379 e. The first-order chi connectivity index (χ1) is 25.2. The molecule has 0 aliphatic carbocycles. The lowest BCUT2D eigenvalue weighted by Gasteiger charge is -2.46. The summed E-state index contributed by atoms with van der Waals surface area (Å²) in [5.74, 6) is -2.08. The van der Waals surface area contributed by atoms with Gasteiger partial charge < -0.3 is 30.9 Å². The number of likely N-dealkylation sites (N-methyl/N-ethyl adjacent to an activating group) is 2. The predicted molar refractivity (Wildman–Crippen MR) is 214 cm³/mol. The van der Waals surface area contributed by atoms with E-state index in [1.807, 2.05) is 81.1 Å². The number of nitrogens with two attached hydrogens (primary N) is 1. The normalized spacial score (nSPS) is 18.5. The summed E-state index contributed by atoms with van der Waals surface area (Å²) in [4.78, 5) is 60.1. The Bertz CT molecular complexity index is 1460. The third-order valence-electron chi connectivity index (χ3n) is 11.3. The Morgan fingerprint density at radius 2 is 1.62 bits per heavy atom. The molecule has 10 nitrogen and oxygen atoms in total. The number of nitrogens with one attached hydrogen (secondary N) is 2. The molecule has 1 fully saturated rings. The summed E-state index contributed by atoms with van der Waals surface area (Å²) >= 11 is 1.65. The number of carbonyl (C=O) groups excluding carboxylic acids is 4. The molecule has 1 heterocycles. The highest BCUT2D eigenvalue weighted by Crippen LogP contribution is 2.37. The van der Waals surface area contributed by atoms with Crippen molar-refractivity contribution in [1.29, 1.82) is 0 Å². The van der Waals surface area contributed by atoms with E-state index in [1.54, 1.807) is 37.9 Å². The molecule has 2 aromatic carbocycles. The van der Waals surface area contributed by atoms with Crippen LogP contribution in [0.25, 0.3) is 0 Å². The van der Waals surface area contributed by atoms with E-state index < -0.39 is 29.5 Å². The number of primary amides is 1. The smallest absolute Gasteiger partial charge is 0.238 e. The standard InChI is InChI=1S/C42H65N5O5S/c1-10-30(6)39(46(8)40(50)38(28(2)3)42(44-7,29(4)5)41(43)51)34(52-9)26-37(49)47-25-17-22-33(47)35(53-32-20-15-12-16-21-32)27-36(48)45-24-23-31-18-13-11-14-19-31/h11-16,18-21,28-30,33-35,38-39,44H,10,17,22-27H2,1-9H3,(H2,43,51)(H,45,48). The second-order valence-electron chi connectivity index (χ2n) is 15.2. The number of hydrogen-bond acceptors (Lipinski definition) is 7. The number of thioether (sulfide) groups is 1. The van der Waals surface area contributed by atoms with Gasteiger partial charge in [-0.15, -0.1) is 11.8 Å². The van der Waals surface area contributed by atoms with Crippen molar-refractivity contribution in [3.8, 4) is 0 Å². The number of carbonyl (C=O) groups is 4. The lowest BCUT2D eigenvalue weighted by Crippen LogP contribution is -2.68. The van der Waals surface area contributed by atoms with E-state index in [9.17, 15) is 19.2 Å². The van der Waals surface area contributed by atoms with Gasteiger partial charge in [0.15, 0.2) is 0 Å². The van der Waals surface area contributed by atoms with Gasteiger partial charge in [-0.1, -0.05) is 96.5 Å². The molecule has 53 heavy (non-hydrogen) atoms. The molecule has 0 radical (unpaired) electrons. The molecule has 0 aromatic heterocycles. The highest BCUT2D eigenvalue weighted by atomic mass is 32.2. The second kappa shape index (κ2) is 20.9. The van der Waals surface area contributed by atoms with Gasteiger partial charge in [0.2, 0.25) is 23.6 Å². The second-order valence-corrected chi connectivity index (χ2v) is 16.5. The fourth-order valence-electron chi connectivity index (χ4n) is 8.27. The van der Waals surface area contributed by atoms with Crippen molar-refractivity contribution in [2.24, 2.45) is 29.4 Å². The van der Waals surface area contributed by atoms with Crippen LogP contribution in [-0.4, -0.2) is 96.7 Å². The summed E-state index contributed by atoms with van der Waals surface area (Å²) in [6, 6.07) is 19.5. The van der Waals surface area contributed by atoms with E-state index in [4.69, 9.17) is 10.5 Å². The first-order valence-corrected chi connectivity index (χ1v) is 20.2. The molecule has 1 aliphatic rings. The minimum absolute atomic E-state index is 0.0125. The molecule has 2 aromatic rings. The average Bonchev–Trinajstić information content (AvgIpc) is 3.63. The number of benzene rings is 2. The molecule has 3 rings (SSSR count). The van der Waals surface area contributed by atoms with Crippen LogP contribution < -0.4 is 16.4 Å². The zero-order valence-electron chi connectivity index (χ0n) is 33.5. The van der Waals surface area contributed by atoms with Crippen molar-refractivity contribution in [3.63, 3.8) is 0 Å². The number of methoxy groups -OCH3 is 1. The molecule has 4 amide bonds. The summed E-state index contributed by atoms with van der Waals surface area (Å²) in [5.41, 5.74) is 5.94. The number of rotatable bonds is 21. The molecule has 0 bridgehead atoms. The van der Waals surface area contributed by atoms with Gasteiger partial charge in [-0.25, -0.2) is 0 Å². The van der Waals surface area contributed by atoms with Gasteiger partial charge in [0.1, 0.15) is 5.54 Å². The SMILES string of the molecule is CCC(C)C(C(CC(=O)N1CCCC1C(CC(=O)NCCc1ccccc1)Sc1ccccc1)OC)N(C)C(=O)C(C(C)C)C(NC)(C(N)=O)C(C)C. The zero-order valence-corrected chi connectivity index (χ0v) is 34.3. The lowest BCUT2D eigenvalue weighted by atomic mass is 9.69. The van der Waals surface area contributed by atoms with Gasteiger partial charge in [-0.05, 0) is 61.8 Å². The van der Waals surface area contributed by atoms with Crippen LogP contribution in [0.4, 0.5) is 0 Å². The van der Waals surface area contributed by atoms with Crippen molar-refractivity contribution in [2.75, 3.05) is 34.3 Å².